The third-order valence-corrected chi connectivity index (χ3v) is 3.09. The quantitative estimate of drug-likeness (QED) is 0.769. The van der Waals surface area contributed by atoms with Crippen molar-refractivity contribution >= 4 is 0 Å². The molecule has 0 bridgehead atoms. The summed E-state index contributed by atoms with van der Waals surface area (Å²) in [4.78, 5) is 2.32. The minimum atomic E-state index is 0.509. The van der Waals surface area contributed by atoms with E-state index in [4.69, 9.17) is 4.42 Å². The van der Waals surface area contributed by atoms with Crippen LogP contribution in [0.25, 0.3) is 0 Å². The van der Waals surface area contributed by atoms with Gasteiger partial charge in [0.05, 0.1) is 6.54 Å². The van der Waals surface area contributed by atoms with Crippen molar-refractivity contribution in [2.24, 2.45) is 0 Å². The summed E-state index contributed by atoms with van der Waals surface area (Å²) in [6.45, 7) is 11.5. The fourth-order valence-electron chi connectivity index (χ4n) is 1.93. The van der Waals surface area contributed by atoms with Crippen molar-refractivity contribution in [3.8, 4) is 0 Å². The Labute approximate surface area is 112 Å². The maximum atomic E-state index is 5.82. The summed E-state index contributed by atoms with van der Waals surface area (Å²) in [6.07, 6.45) is 2.49. The summed E-state index contributed by atoms with van der Waals surface area (Å²) in [7, 11) is 2.15. The summed E-state index contributed by atoms with van der Waals surface area (Å²) in [5.74, 6) is 2.12. The monoisotopic (exact) mass is 252 g/mol. The number of nitrogens with zero attached hydrogens (tertiary/aromatic N) is 1. The Bertz CT molecular complexity index is 344. The molecule has 0 radical (unpaired) electrons. The Morgan fingerprint density at radius 2 is 2.11 bits per heavy atom. The zero-order chi connectivity index (χ0) is 13.5. The Balaban J connectivity index is 2.49. The average Bonchev–Trinajstić information content (AvgIpc) is 2.64. The SMILES string of the molecule is CCCCN(C)Cc1cc(CNC(C)C)c(C)o1. The van der Waals surface area contributed by atoms with E-state index in [1.807, 2.05) is 6.92 Å². The third kappa shape index (κ3) is 5.23. The van der Waals surface area contributed by atoms with E-state index < -0.39 is 0 Å². The van der Waals surface area contributed by atoms with Gasteiger partial charge in [-0.05, 0) is 33.0 Å². The van der Waals surface area contributed by atoms with Gasteiger partial charge in [-0.1, -0.05) is 27.2 Å². The molecule has 104 valence electrons. The van der Waals surface area contributed by atoms with Gasteiger partial charge in [-0.15, -0.1) is 0 Å². The van der Waals surface area contributed by atoms with Gasteiger partial charge in [0.15, 0.2) is 0 Å². The molecule has 1 aromatic rings. The smallest absolute Gasteiger partial charge is 0.118 e. The molecule has 0 saturated carbocycles. The summed E-state index contributed by atoms with van der Waals surface area (Å²) in [5.41, 5.74) is 1.28. The lowest BCUT2D eigenvalue weighted by Crippen LogP contribution is -2.21. The minimum Gasteiger partial charge on any atom is -0.465 e. The summed E-state index contributed by atoms with van der Waals surface area (Å²) >= 11 is 0. The molecule has 0 aliphatic rings. The standard InChI is InChI=1S/C15H28N2O/c1-6-7-8-17(5)11-15-9-14(13(4)18-15)10-16-12(2)3/h9,12,16H,6-8,10-11H2,1-5H3. The molecule has 1 N–H and O–H groups in total. The topological polar surface area (TPSA) is 28.4 Å². The van der Waals surface area contributed by atoms with E-state index in [0.29, 0.717) is 6.04 Å². The molecule has 0 unspecified atom stereocenters. The van der Waals surface area contributed by atoms with Crippen LogP contribution in [0.5, 0.6) is 0 Å². The van der Waals surface area contributed by atoms with Crippen LogP contribution >= 0.6 is 0 Å². The fourth-order valence-corrected chi connectivity index (χ4v) is 1.93. The van der Waals surface area contributed by atoms with Crippen LogP contribution in [0.2, 0.25) is 0 Å². The first kappa shape index (κ1) is 15.3. The molecule has 0 saturated heterocycles. The third-order valence-electron chi connectivity index (χ3n) is 3.09. The molecule has 0 atom stereocenters. The van der Waals surface area contributed by atoms with Gasteiger partial charge < -0.3 is 9.73 Å². The average molecular weight is 252 g/mol. The van der Waals surface area contributed by atoms with E-state index in [1.54, 1.807) is 0 Å². The predicted octanol–water partition coefficient (Wildman–Crippen LogP) is 3.32. The number of hydrogen-bond donors (Lipinski definition) is 1. The molecule has 3 heteroatoms. The van der Waals surface area contributed by atoms with Gasteiger partial charge in [-0.2, -0.15) is 0 Å². The number of nitrogens with one attached hydrogen (secondary N) is 1. The highest BCUT2D eigenvalue weighted by atomic mass is 16.3. The van der Waals surface area contributed by atoms with E-state index in [2.05, 4.69) is 44.1 Å². The van der Waals surface area contributed by atoms with Gasteiger partial charge in [0.25, 0.3) is 0 Å². The molecular weight excluding hydrogens is 224 g/mol. The van der Waals surface area contributed by atoms with Gasteiger partial charge in [-0.3, -0.25) is 4.90 Å². The van der Waals surface area contributed by atoms with Crippen molar-refractivity contribution in [2.45, 2.75) is 59.7 Å². The molecule has 0 aliphatic carbocycles. The molecule has 0 aromatic carbocycles. The van der Waals surface area contributed by atoms with Crippen LogP contribution in [0.15, 0.2) is 10.5 Å². The maximum absolute atomic E-state index is 5.82. The number of hydrogen-bond acceptors (Lipinski definition) is 3. The van der Waals surface area contributed by atoms with Crippen LogP contribution in [-0.2, 0) is 13.1 Å². The summed E-state index contributed by atoms with van der Waals surface area (Å²) < 4.78 is 5.82. The second kappa shape index (κ2) is 7.59. The molecular formula is C15H28N2O. The molecule has 1 aromatic heterocycles. The lowest BCUT2D eigenvalue weighted by Gasteiger charge is -2.13. The van der Waals surface area contributed by atoms with Gasteiger partial charge >= 0.3 is 0 Å². The van der Waals surface area contributed by atoms with Crippen molar-refractivity contribution in [3.63, 3.8) is 0 Å². The van der Waals surface area contributed by atoms with Crippen molar-refractivity contribution in [1.29, 1.82) is 0 Å². The van der Waals surface area contributed by atoms with E-state index in [9.17, 15) is 0 Å². The molecule has 1 heterocycles. The van der Waals surface area contributed by atoms with E-state index in [-0.39, 0.29) is 0 Å². The van der Waals surface area contributed by atoms with Crippen LogP contribution < -0.4 is 5.32 Å². The molecule has 0 spiro atoms. The van der Waals surface area contributed by atoms with E-state index >= 15 is 0 Å². The molecule has 0 aliphatic heterocycles. The number of unbranched alkanes of at least 4 members (excludes halogenated alkanes) is 1. The largest absolute Gasteiger partial charge is 0.465 e. The van der Waals surface area contributed by atoms with Gasteiger partial charge in [0.2, 0.25) is 0 Å². The maximum Gasteiger partial charge on any atom is 0.118 e. The highest BCUT2D eigenvalue weighted by Crippen LogP contribution is 2.16. The number of furan rings is 1. The zero-order valence-electron chi connectivity index (χ0n) is 12.5. The highest BCUT2D eigenvalue weighted by molar-refractivity contribution is 5.20. The van der Waals surface area contributed by atoms with Crippen LogP contribution in [0.4, 0.5) is 0 Å². The second-order valence-corrected chi connectivity index (χ2v) is 5.42. The lowest BCUT2D eigenvalue weighted by molar-refractivity contribution is 0.288. The summed E-state index contributed by atoms with van der Waals surface area (Å²) in [5, 5.41) is 3.43. The Morgan fingerprint density at radius 3 is 2.72 bits per heavy atom. The van der Waals surface area contributed by atoms with Crippen molar-refractivity contribution in [3.05, 3.63) is 23.2 Å². The van der Waals surface area contributed by atoms with Crippen molar-refractivity contribution < 1.29 is 4.42 Å². The lowest BCUT2D eigenvalue weighted by atomic mass is 10.2. The Morgan fingerprint density at radius 1 is 1.39 bits per heavy atom. The molecule has 18 heavy (non-hydrogen) atoms. The number of rotatable bonds is 8. The molecule has 1 rings (SSSR count). The molecule has 0 amide bonds. The van der Waals surface area contributed by atoms with Crippen LogP contribution in [-0.4, -0.2) is 24.5 Å². The Hall–Kier alpha value is -0.800. The van der Waals surface area contributed by atoms with Gasteiger partial charge in [-0.25, -0.2) is 0 Å². The van der Waals surface area contributed by atoms with Crippen LogP contribution in [0, 0.1) is 6.92 Å². The highest BCUT2D eigenvalue weighted by Gasteiger charge is 2.09. The molecule has 0 fully saturated rings. The van der Waals surface area contributed by atoms with Crippen LogP contribution in [0.1, 0.15) is 50.7 Å². The predicted molar refractivity (Wildman–Crippen MR) is 76.7 cm³/mol. The molecule has 3 nitrogen and oxygen atoms in total. The first-order valence-corrected chi connectivity index (χ1v) is 7.03. The van der Waals surface area contributed by atoms with Gasteiger partial charge in [0.1, 0.15) is 11.5 Å². The summed E-state index contributed by atoms with van der Waals surface area (Å²) in [6, 6.07) is 2.70. The van der Waals surface area contributed by atoms with Crippen molar-refractivity contribution in [2.75, 3.05) is 13.6 Å². The minimum absolute atomic E-state index is 0.509. The fraction of sp³-hybridized carbons (Fsp3) is 0.733. The Kier molecular flexibility index (Phi) is 6.44. The number of aryl methyl sites for hydroxylation is 1. The van der Waals surface area contributed by atoms with Gasteiger partial charge in [0, 0.05) is 18.2 Å². The normalized spacial score (nSPS) is 11.7. The first-order valence-electron chi connectivity index (χ1n) is 7.03. The second-order valence-electron chi connectivity index (χ2n) is 5.42. The van der Waals surface area contributed by atoms with Crippen molar-refractivity contribution in [1.82, 2.24) is 10.2 Å². The first-order chi connectivity index (χ1) is 8.52. The van der Waals surface area contributed by atoms with E-state index in [0.717, 1.165) is 31.2 Å². The zero-order valence-corrected chi connectivity index (χ0v) is 12.5. The van der Waals surface area contributed by atoms with Crippen LogP contribution in [0.3, 0.4) is 0 Å². The van der Waals surface area contributed by atoms with E-state index in [1.165, 1.54) is 18.4 Å².